The summed E-state index contributed by atoms with van der Waals surface area (Å²) in [5.41, 5.74) is 15.4. The Hall–Kier alpha value is -6.91. The number of rotatable bonds is 4. The Morgan fingerprint density at radius 2 is 1.50 bits per heavy atom. The highest BCUT2D eigenvalue weighted by atomic mass is 16.3. The van der Waals surface area contributed by atoms with Crippen LogP contribution in [-0.4, -0.2) is 4.57 Å². The summed E-state index contributed by atoms with van der Waals surface area (Å²) in [5, 5.41) is 2.55. The highest BCUT2D eigenvalue weighted by Gasteiger charge is 2.30. The number of hydrogen-bond acceptors (Lipinski definition) is 3. The quantitative estimate of drug-likeness (QED) is 0.167. The van der Waals surface area contributed by atoms with Gasteiger partial charge in [-0.25, -0.2) is 0 Å². The van der Waals surface area contributed by atoms with Crippen LogP contribution in [0.25, 0.3) is 55.7 Å². The van der Waals surface area contributed by atoms with E-state index in [0.717, 1.165) is 54.6 Å². The number of nitrogens with zero attached hydrogens (tertiary/aromatic N) is 2. The molecule has 1 aliphatic heterocycles. The van der Waals surface area contributed by atoms with Gasteiger partial charge in [-0.1, -0.05) is 130 Å². The molecule has 2 aromatic heterocycles. The molecule has 60 heavy (non-hydrogen) atoms. The minimum Gasteiger partial charge on any atom is -0.456 e. The largest absolute Gasteiger partial charge is 0.456 e. The van der Waals surface area contributed by atoms with Gasteiger partial charge in [-0.05, 0) is 125 Å². The molecule has 0 saturated heterocycles. The third kappa shape index (κ3) is 6.26. The summed E-state index contributed by atoms with van der Waals surface area (Å²) >= 11 is 0. The second-order valence-corrected chi connectivity index (χ2v) is 16.2. The molecule has 11 rings (SSSR count). The molecule has 0 N–H and O–H groups in total. The molecule has 1 atom stereocenters. The van der Waals surface area contributed by atoms with Gasteiger partial charge >= 0.3 is 0 Å². The van der Waals surface area contributed by atoms with Gasteiger partial charge in [-0.2, -0.15) is 0 Å². The fraction of sp³-hybridized carbons (Fsp3) is 0.161. The summed E-state index contributed by atoms with van der Waals surface area (Å²) in [6, 6.07) is 46.9. The molecule has 0 amide bonds. The van der Waals surface area contributed by atoms with Crippen LogP contribution >= 0.6 is 0 Å². The molecule has 0 bridgehead atoms. The van der Waals surface area contributed by atoms with Crippen molar-refractivity contribution in [2.75, 3.05) is 4.90 Å². The molecular weight excluding hydrogens is 733 g/mol. The zero-order chi connectivity index (χ0) is 40.8. The summed E-state index contributed by atoms with van der Waals surface area (Å²) in [6.07, 6.45) is 20.0. The van der Waals surface area contributed by atoms with Gasteiger partial charge in [0.1, 0.15) is 11.2 Å². The van der Waals surface area contributed by atoms with Crippen LogP contribution in [0.3, 0.4) is 0 Å². The molecule has 0 saturated carbocycles. The Morgan fingerprint density at radius 3 is 2.40 bits per heavy atom. The Kier molecular flexibility index (Phi) is 9.56. The molecule has 8 aromatic rings. The lowest BCUT2D eigenvalue weighted by atomic mass is 9.74. The van der Waals surface area contributed by atoms with Crippen LogP contribution in [0.15, 0.2) is 179 Å². The summed E-state index contributed by atoms with van der Waals surface area (Å²) in [4.78, 5) is 16.9. The van der Waals surface area contributed by atoms with Crippen molar-refractivity contribution in [1.82, 2.24) is 4.57 Å². The number of allylic oxidation sites excluding steroid dienone is 7. The Balaban J connectivity index is 0.00000213. The molecule has 294 valence electrons. The topological polar surface area (TPSA) is 38.4 Å². The maximum atomic E-state index is 14.6. The zero-order valence-electron chi connectivity index (χ0n) is 34.5. The first-order valence-electron chi connectivity index (χ1n) is 21.4. The maximum absolute atomic E-state index is 14.6. The number of benzene rings is 6. The monoisotopic (exact) mass is 780 g/mol. The molecule has 0 fully saturated rings. The van der Waals surface area contributed by atoms with Gasteiger partial charge in [0.15, 0.2) is 0 Å². The van der Waals surface area contributed by atoms with Crippen LogP contribution in [0.2, 0.25) is 0 Å². The van der Waals surface area contributed by atoms with E-state index in [9.17, 15) is 4.79 Å². The van der Waals surface area contributed by atoms with E-state index < -0.39 is 0 Å². The molecule has 6 aromatic carbocycles. The summed E-state index contributed by atoms with van der Waals surface area (Å²) in [6.45, 7) is 6.36. The number of anilines is 3. The highest BCUT2D eigenvalue weighted by Crippen LogP contribution is 2.46. The van der Waals surface area contributed by atoms with Crippen molar-refractivity contribution in [3.05, 3.63) is 208 Å². The molecule has 1 unspecified atom stereocenters. The molecular formula is C56H48N2O2. The van der Waals surface area contributed by atoms with Gasteiger partial charge in [0, 0.05) is 46.7 Å². The first-order valence-corrected chi connectivity index (χ1v) is 21.4. The third-order valence-corrected chi connectivity index (χ3v) is 12.7. The molecule has 2 aliphatic carbocycles. The number of fused-ring (bicyclic) bond motifs is 7. The summed E-state index contributed by atoms with van der Waals surface area (Å²) < 4.78 is 9.16. The van der Waals surface area contributed by atoms with Crippen LogP contribution in [0.1, 0.15) is 68.0 Å². The third-order valence-electron chi connectivity index (χ3n) is 12.7. The normalized spacial score (nSPS) is 17.4. The lowest BCUT2D eigenvalue weighted by molar-refractivity contribution is 0.438. The van der Waals surface area contributed by atoms with Crippen LogP contribution in [-0.2, 0) is 18.3 Å². The van der Waals surface area contributed by atoms with Crippen molar-refractivity contribution in [2.24, 2.45) is 0 Å². The van der Waals surface area contributed by atoms with E-state index in [-0.39, 0.29) is 10.8 Å². The number of para-hydroxylation sites is 3. The van der Waals surface area contributed by atoms with Crippen molar-refractivity contribution in [1.29, 1.82) is 0 Å². The SMILES string of the molecule is CC.CC1(c2ccc3c(=O)c4c(-c5ccc6c(c5)Cc5ccccc5N6c5ccccc5)cccc4oc3c2)C/C=C\c2c(c3ccccc3n2C2=CC=CC=CC2)CC1. The fourth-order valence-corrected chi connectivity index (χ4v) is 9.70. The van der Waals surface area contributed by atoms with Gasteiger partial charge < -0.3 is 13.9 Å². The van der Waals surface area contributed by atoms with E-state index in [2.05, 4.69) is 174 Å². The summed E-state index contributed by atoms with van der Waals surface area (Å²) in [7, 11) is 0. The molecule has 3 aliphatic rings. The molecule has 4 heteroatoms. The van der Waals surface area contributed by atoms with E-state index in [1.807, 2.05) is 32.0 Å². The second-order valence-electron chi connectivity index (χ2n) is 16.2. The minimum atomic E-state index is -0.149. The van der Waals surface area contributed by atoms with Gasteiger partial charge in [0.05, 0.1) is 16.3 Å². The van der Waals surface area contributed by atoms with Crippen LogP contribution in [0.5, 0.6) is 0 Å². The maximum Gasteiger partial charge on any atom is 0.201 e. The Bertz CT molecular complexity index is 3140. The van der Waals surface area contributed by atoms with Gasteiger partial charge in [-0.3, -0.25) is 4.79 Å². The van der Waals surface area contributed by atoms with Gasteiger partial charge in [0.2, 0.25) is 5.43 Å². The van der Waals surface area contributed by atoms with Crippen LogP contribution in [0, 0.1) is 0 Å². The lowest BCUT2D eigenvalue weighted by Crippen LogP contribution is -2.23. The zero-order valence-corrected chi connectivity index (χ0v) is 34.5. The van der Waals surface area contributed by atoms with E-state index in [0.29, 0.717) is 21.9 Å². The standard InChI is InChI=1S/C54H42N2O2.C2H6/c1-54(31-14-24-49-44(30-32-54)43-20-10-12-23-48(43)56(49)41-16-5-2-3-6-17-41)39-27-28-45-51(35-39)58-50-25-13-21-42(52(50)53(45)57)36-26-29-47-38(33-36)34-37-15-9-11-22-46(37)55(47)40-18-7-4-8-19-40;1-2/h2-16,18-29,33,35H,17,30-32,34H2,1H3;1-2H3/b24-14-;. The molecule has 4 nitrogen and oxygen atoms in total. The van der Waals surface area contributed by atoms with Gasteiger partial charge in [0.25, 0.3) is 0 Å². The van der Waals surface area contributed by atoms with Crippen molar-refractivity contribution >= 4 is 61.7 Å². The second kappa shape index (κ2) is 15.4. The molecule has 3 heterocycles. The van der Waals surface area contributed by atoms with E-state index in [1.165, 1.54) is 50.2 Å². The average Bonchev–Trinajstić information content (AvgIpc) is 3.39. The predicted octanol–water partition coefficient (Wildman–Crippen LogP) is 14.6. The Labute approximate surface area is 351 Å². The number of aromatic nitrogens is 1. The number of hydrogen-bond donors (Lipinski definition) is 0. The lowest BCUT2D eigenvalue weighted by Gasteiger charge is -2.33. The first kappa shape index (κ1) is 37.4. The Morgan fingerprint density at radius 1 is 0.683 bits per heavy atom. The van der Waals surface area contributed by atoms with Crippen molar-refractivity contribution in [3.63, 3.8) is 0 Å². The van der Waals surface area contributed by atoms with Crippen LogP contribution < -0.4 is 10.3 Å². The van der Waals surface area contributed by atoms with Crippen LogP contribution in [0.4, 0.5) is 17.1 Å². The van der Waals surface area contributed by atoms with Crippen molar-refractivity contribution < 1.29 is 4.42 Å². The number of aryl methyl sites for hydroxylation is 1. The predicted molar refractivity (Wildman–Crippen MR) is 253 cm³/mol. The van der Waals surface area contributed by atoms with E-state index in [1.54, 1.807) is 0 Å². The molecule has 0 spiro atoms. The van der Waals surface area contributed by atoms with Crippen molar-refractivity contribution in [2.45, 2.75) is 58.3 Å². The minimum absolute atomic E-state index is 0.00468. The van der Waals surface area contributed by atoms with E-state index >= 15 is 0 Å². The molecule has 0 radical (unpaired) electrons. The van der Waals surface area contributed by atoms with E-state index in [4.69, 9.17) is 4.42 Å². The summed E-state index contributed by atoms with van der Waals surface area (Å²) in [5.74, 6) is 0. The highest BCUT2D eigenvalue weighted by molar-refractivity contribution is 6.00. The van der Waals surface area contributed by atoms with Gasteiger partial charge in [-0.15, -0.1) is 0 Å². The smallest absolute Gasteiger partial charge is 0.201 e. The first-order chi connectivity index (χ1) is 29.5. The fourth-order valence-electron chi connectivity index (χ4n) is 9.70. The average molecular weight is 781 g/mol. The van der Waals surface area contributed by atoms with Crippen molar-refractivity contribution in [3.8, 4) is 11.1 Å².